The summed E-state index contributed by atoms with van der Waals surface area (Å²) in [6, 6.07) is 10.4. The molecule has 2 rings (SSSR count). The zero-order valence-electron chi connectivity index (χ0n) is 10.1. The molecule has 6 heteroatoms. The van der Waals surface area contributed by atoms with Gasteiger partial charge in [0.2, 0.25) is 10.0 Å². The molecule has 0 fully saturated rings. The molecule has 1 aromatic heterocycles. The van der Waals surface area contributed by atoms with Gasteiger partial charge >= 0.3 is 0 Å². The van der Waals surface area contributed by atoms with Gasteiger partial charge in [-0.3, -0.25) is 4.98 Å². The lowest BCUT2D eigenvalue weighted by Crippen LogP contribution is -2.26. The summed E-state index contributed by atoms with van der Waals surface area (Å²) in [6.45, 7) is 0.360. The molecule has 0 spiro atoms. The Morgan fingerprint density at radius 2 is 1.89 bits per heavy atom. The topological polar surface area (TPSA) is 59.1 Å². The molecule has 1 heterocycles. The fourth-order valence-corrected chi connectivity index (χ4v) is 3.22. The van der Waals surface area contributed by atoms with Crippen LogP contribution in [0.4, 0.5) is 0 Å². The third kappa shape index (κ3) is 4.12. The van der Waals surface area contributed by atoms with Crippen molar-refractivity contribution in [3.8, 4) is 0 Å². The van der Waals surface area contributed by atoms with Gasteiger partial charge in [-0.05, 0) is 42.3 Å². The average molecular weight is 341 g/mol. The van der Waals surface area contributed by atoms with E-state index in [1.807, 2.05) is 12.1 Å². The van der Waals surface area contributed by atoms with Crippen LogP contribution >= 0.6 is 15.9 Å². The number of nitrogens with zero attached hydrogens (tertiary/aromatic N) is 1. The molecule has 19 heavy (non-hydrogen) atoms. The Morgan fingerprint density at radius 3 is 2.58 bits per heavy atom. The first kappa shape index (κ1) is 14.2. The van der Waals surface area contributed by atoms with Crippen LogP contribution in [0.15, 0.2) is 58.2 Å². The Kier molecular flexibility index (Phi) is 4.68. The first-order chi connectivity index (χ1) is 9.08. The van der Waals surface area contributed by atoms with Crippen LogP contribution in [0, 0.1) is 0 Å². The van der Waals surface area contributed by atoms with E-state index in [9.17, 15) is 8.42 Å². The highest BCUT2D eigenvalue weighted by Crippen LogP contribution is 2.15. The fourth-order valence-electron chi connectivity index (χ4n) is 1.60. The van der Waals surface area contributed by atoms with E-state index in [-0.39, 0.29) is 4.90 Å². The summed E-state index contributed by atoms with van der Waals surface area (Å²) >= 11 is 3.26. The van der Waals surface area contributed by atoms with Crippen molar-refractivity contribution in [3.05, 3.63) is 58.8 Å². The number of rotatable bonds is 5. The lowest BCUT2D eigenvalue weighted by molar-refractivity contribution is 0.581. The van der Waals surface area contributed by atoms with E-state index in [2.05, 4.69) is 25.6 Å². The number of pyridine rings is 1. The Labute approximate surface area is 121 Å². The molecule has 0 saturated carbocycles. The summed E-state index contributed by atoms with van der Waals surface area (Å²) in [4.78, 5) is 4.18. The highest BCUT2D eigenvalue weighted by molar-refractivity contribution is 9.10. The van der Waals surface area contributed by atoms with Crippen LogP contribution in [0.25, 0.3) is 0 Å². The largest absolute Gasteiger partial charge is 0.265 e. The molecule has 2 aromatic rings. The molecule has 0 atom stereocenters. The van der Waals surface area contributed by atoms with E-state index in [1.54, 1.807) is 36.7 Å². The first-order valence-corrected chi connectivity index (χ1v) is 8.00. The molecule has 1 aromatic carbocycles. The van der Waals surface area contributed by atoms with E-state index in [4.69, 9.17) is 0 Å². The summed E-state index contributed by atoms with van der Waals surface area (Å²) < 4.78 is 27.4. The van der Waals surface area contributed by atoms with E-state index in [0.29, 0.717) is 13.0 Å². The maximum absolute atomic E-state index is 12.0. The minimum Gasteiger partial charge on any atom is -0.265 e. The van der Waals surface area contributed by atoms with Crippen LogP contribution in [-0.4, -0.2) is 19.9 Å². The monoisotopic (exact) mass is 340 g/mol. The SMILES string of the molecule is O=S(=O)(NCCc1ccncc1)c1cccc(Br)c1. The van der Waals surface area contributed by atoms with Crippen LogP contribution in [0.5, 0.6) is 0 Å². The van der Waals surface area contributed by atoms with Gasteiger partial charge in [0.25, 0.3) is 0 Å². The van der Waals surface area contributed by atoms with Gasteiger partial charge in [-0.2, -0.15) is 0 Å². The Hall–Kier alpha value is -1.24. The van der Waals surface area contributed by atoms with E-state index in [1.165, 1.54) is 0 Å². The normalized spacial score (nSPS) is 11.4. The molecule has 100 valence electrons. The minimum absolute atomic E-state index is 0.261. The van der Waals surface area contributed by atoms with Gasteiger partial charge < -0.3 is 0 Å². The molecule has 0 radical (unpaired) electrons. The summed E-state index contributed by atoms with van der Waals surface area (Å²) in [5.41, 5.74) is 1.05. The third-order valence-electron chi connectivity index (χ3n) is 2.56. The summed E-state index contributed by atoms with van der Waals surface area (Å²) in [5, 5.41) is 0. The maximum atomic E-state index is 12.0. The molecule has 0 amide bonds. The van der Waals surface area contributed by atoms with Crippen molar-refractivity contribution in [1.29, 1.82) is 0 Å². The van der Waals surface area contributed by atoms with Crippen LogP contribution in [0.3, 0.4) is 0 Å². The molecular weight excluding hydrogens is 328 g/mol. The number of hydrogen-bond acceptors (Lipinski definition) is 3. The zero-order chi connectivity index (χ0) is 13.7. The molecule has 0 unspecified atom stereocenters. The molecule has 0 aliphatic carbocycles. The van der Waals surface area contributed by atoms with Crippen molar-refractivity contribution >= 4 is 26.0 Å². The van der Waals surface area contributed by atoms with Crippen molar-refractivity contribution in [2.45, 2.75) is 11.3 Å². The molecule has 0 saturated heterocycles. The van der Waals surface area contributed by atoms with Gasteiger partial charge in [-0.25, -0.2) is 13.1 Å². The second-order valence-electron chi connectivity index (χ2n) is 3.96. The van der Waals surface area contributed by atoms with Crippen molar-refractivity contribution in [3.63, 3.8) is 0 Å². The Balaban J connectivity index is 1.99. The van der Waals surface area contributed by atoms with Gasteiger partial charge in [0.05, 0.1) is 4.90 Å². The van der Waals surface area contributed by atoms with E-state index in [0.717, 1.165) is 10.0 Å². The smallest absolute Gasteiger partial charge is 0.240 e. The van der Waals surface area contributed by atoms with E-state index >= 15 is 0 Å². The first-order valence-electron chi connectivity index (χ1n) is 5.72. The quantitative estimate of drug-likeness (QED) is 0.908. The predicted octanol–water partition coefficient (Wildman–Crippen LogP) is 2.37. The van der Waals surface area contributed by atoms with E-state index < -0.39 is 10.0 Å². The van der Waals surface area contributed by atoms with Crippen LogP contribution in [-0.2, 0) is 16.4 Å². The highest BCUT2D eigenvalue weighted by Gasteiger charge is 2.13. The predicted molar refractivity (Wildman–Crippen MR) is 77.3 cm³/mol. The lowest BCUT2D eigenvalue weighted by atomic mass is 10.2. The third-order valence-corrected chi connectivity index (χ3v) is 4.51. The molecule has 0 aliphatic rings. The number of hydrogen-bond donors (Lipinski definition) is 1. The summed E-state index contributed by atoms with van der Waals surface area (Å²) in [7, 11) is -3.45. The lowest BCUT2D eigenvalue weighted by Gasteiger charge is -2.07. The van der Waals surface area contributed by atoms with Crippen molar-refractivity contribution in [2.24, 2.45) is 0 Å². The van der Waals surface area contributed by atoms with Crippen LogP contribution < -0.4 is 4.72 Å². The van der Waals surface area contributed by atoms with Gasteiger partial charge in [0, 0.05) is 23.4 Å². The summed E-state index contributed by atoms with van der Waals surface area (Å²) in [6.07, 6.45) is 4.02. The number of sulfonamides is 1. The number of halogens is 1. The van der Waals surface area contributed by atoms with Gasteiger partial charge in [0.1, 0.15) is 0 Å². The minimum atomic E-state index is -3.45. The summed E-state index contributed by atoms with van der Waals surface area (Å²) in [5.74, 6) is 0. The highest BCUT2D eigenvalue weighted by atomic mass is 79.9. The van der Waals surface area contributed by atoms with Crippen LogP contribution in [0.1, 0.15) is 5.56 Å². The Morgan fingerprint density at radius 1 is 1.16 bits per heavy atom. The van der Waals surface area contributed by atoms with Gasteiger partial charge in [0.15, 0.2) is 0 Å². The molecular formula is C13H13BrN2O2S. The second-order valence-corrected chi connectivity index (χ2v) is 6.64. The molecule has 0 aliphatic heterocycles. The van der Waals surface area contributed by atoms with Gasteiger partial charge in [-0.15, -0.1) is 0 Å². The Bertz CT molecular complexity index is 645. The fraction of sp³-hybridized carbons (Fsp3) is 0.154. The standard InChI is InChI=1S/C13H13BrN2O2S/c14-12-2-1-3-13(10-12)19(17,18)16-9-6-11-4-7-15-8-5-11/h1-5,7-8,10,16H,6,9H2. The average Bonchev–Trinajstić information content (AvgIpc) is 2.40. The number of aromatic nitrogens is 1. The number of nitrogens with one attached hydrogen (secondary N) is 1. The molecule has 4 nitrogen and oxygen atoms in total. The maximum Gasteiger partial charge on any atom is 0.240 e. The number of benzene rings is 1. The molecule has 0 bridgehead atoms. The second kappa shape index (κ2) is 6.27. The van der Waals surface area contributed by atoms with Crippen molar-refractivity contribution in [1.82, 2.24) is 9.71 Å². The van der Waals surface area contributed by atoms with Gasteiger partial charge in [-0.1, -0.05) is 22.0 Å². The van der Waals surface area contributed by atoms with Crippen molar-refractivity contribution in [2.75, 3.05) is 6.54 Å². The molecule has 1 N–H and O–H groups in total. The van der Waals surface area contributed by atoms with Crippen molar-refractivity contribution < 1.29 is 8.42 Å². The zero-order valence-corrected chi connectivity index (χ0v) is 12.5. The van der Waals surface area contributed by atoms with Crippen LogP contribution in [0.2, 0.25) is 0 Å².